The lowest BCUT2D eigenvalue weighted by atomic mass is 9.97. The summed E-state index contributed by atoms with van der Waals surface area (Å²) in [5.41, 5.74) is 1.54. The third-order valence-electron chi connectivity index (χ3n) is 5.48. The van der Waals surface area contributed by atoms with E-state index in [-0.39, 0.29) is 31.4 Å². The van der Waals surface area contributed by atoms with Crippen molar-refractivity contribution < 1.29 is 19.1 Å². The molecule has 2 unspecified atom stereocenters. The van der Waals surface area contributed by atoms with Gasteiger partial charge in [0.05, 0.1) is 13.0 Å². The molecule has 8 heteroatoms. The van der Waals surface area contributed by atoms with Gasteiger partial charge in [0.1, 0.15) is 6.61 Å². The molecule has 1 aliphatic rings. The summed E-state index contributed by atoms with van der Waals surface area (Å²) in [5, 5.41) is 4.80. The maximum absolute atomic E-state index is 13.3. The number of nitrogens with zero attached hydrogens (tertiary/aromatic N) is 1. The number of nitrogens with one attached hydrogen (secondary N) is 1. The highest BCUT2D eigenvalue weighted by atomic mass is 32.2. The summed E-state index contributed by atoms with van der Waals surface area (Å²) in [6.07, 6.45) is 2.00. The molecule has 2 aromatic carbocycles. The lowest BCUT2D eigenvalue weighted by molar-refractivity contribution is -0.166. The van der Waals surface area contributed by atoms with Gasteiger partial charge in [-0.1, -0.05) is 66.7 Å². The van der Waals surface area contributed by atoms with Crippen molar-refractivity contribution in [3.63, 3.8) is 0 Å². The van der Waals surface area contributed by atoms with E-state index in [9.17, 15) is 14.4 Å². The molecule has 0 spiro atoms. The van der Waals surface area contributed by atoms with E-state index in [2.05, 4.69) is 5.32 Å². The van der Waals surface area contributed by atoms with Crippen LogP contribution in [0.4, 0.5) is 0 Å². The van der Waals surface area contributed by atoms with Crippen LogP contribution in [0, 0.1) is 0 Å². The maximum Gasteiger partial charge on any atom is 0.333 e. The van der Waals surface area contributed by atoms with Gasteiger partial charge < -0.3 is 15.0 Å². The Balaban J connectivity index is 1.48. The van der Waals surface area contributed by atoms with E-state index >= 15 is 0 Å². The van der Waals surface area contributed by atoms with Gasteiger partial charge in [-0.3, -0.25) is 9.59 Å². The molecule has 0 radical (unpaired) electrons. The second kappa shape index (κ2) is 10.2. The molecule has 170 valence electrons. The monoisotopic (exact) mass is 480 g/mol. The zero-order valence-electron chi connectivity index (χ0n) is 18.1. The van der Waals surface area contributed by atoms with Crippen LogP contribution in [0.3, 0.4) is 0 Å². The molecule has 1 N–H and O–H groups in total. The van der Waals surface area contributed by atoms with Crippen molar-refractivity contribution in [2.75, 3.05) is 12.8 Å². The quantitative estimate of drug-likeness (QED) is 0.287. The number of ether oxygens (including phenoxy) is 1. The van der Waals surface area contributed by atoms with Crippen molar-refractivity contribution in [2.24, 2.45) is 0 Å². The molecule has 4 rings (SSSR count). The second-order valence-corrected chi connectivity index (χ2v) is 9.81. The van der Waals surface area contributed by atoms with Crippen LogP contribution in [0.15, 0.2) is 78.2 Å². The summed E-state index contributed by atoms with van der Waals surface area (Å²) in [6, 6.07) is 21.4. The van der Waals surface area contributed by atoms with Crippen molar-refractivity contribution in [3.8, 4) is 0 Å². The molecule has 1 aromatic heterocycles. The Morgan fingerprint density at radius 2 is 1.79 bits per heavy atom. The minimum absolute atomic E-state index is 0.121. The number of rotatable bonds is 9. The van der Waals surface area contributed by atoms with Crippen LogP contribution in [0.1, 0.15) is 22.0 Å². The lowest BCUT2D eigenvalue weighted by Gasteiger charge is -2.50. The first-order valence-corrected chi connectivity index (χ1v) is 12.6. The fourth-order valence-electron chi connectivity index (χ4n) is 3.75. The average Bonchev–Trinajstić information content (AvgIpc) is 3.35. The van der Waals surface area contributed by atoms with Crippen LogP contribution in [0.2, 0.25) is 0 Å². The van der Waals surface area contributed by atoms with E-state index < -0.39 is 16.9 Å². The molecule has 3 aromatic rings. The van der Waals surface area contributed by atoms with Crippen LogP contribution in [-0.4, -0.2) is 40.4 Å². The number of carbonyl (C=O) groups is 3. The molecule has 33 heavy (non-hydrogen) atoms. The number of likely N-dealkylation sites (tertiary alicyclic amines) is 1. The number of thiophene rings is 1. The Labute approximate surface area is 200 Å². The van der Waals surface area contributed by atoms with Crippen molar-refractivity contribution in [1.29, 1.82) is 0 Å². The topological polar surface area (TPSA) is 75.7 Å². The summed E-state index contributed by atoms with van der Waals surface area (Å²) in [6.45, 7) is 0.333. The number of hydrogen-bond donors (Lipinski definition) is 1. The predicted octanol–water partition coefficient (Wildman–Crippen LogP) is 3.79. The van der Waals surface area contributed by atoms with Gasteiger partial charge >= 0.3 is 5.97 Å². The van der Waals surface area contributed by atoms with Gasteiger partial charge in [-0.05, 0) is 28.8 Å². The maximum atomic E-state index is 13.3. The fourth-order valence-corrected chi connectivity index (χ4v) is 5.23. The zero-order valence-corrected chi connectivity index (χ0v) is 19.7. The van der Waals surface area contributed by atoms with Crippen LogP contribution >= 0.6 is 23.1 Å². The smallest absolute Gasteiger partial charge is 0.333 e. The minimum Gasteiger partial charge on any atom is -0.459 e. The average molecular weight is 481 g/mol. The van der Waals surface area contributed by atoms with Gasteiger partial charge in [0.2, 0.25) is 5.91 Å². The fraction of sp³-hybridized carbons (Fsp3) is 0.240. The first-order chi connectivity index (χ1) is 16.0. The predicted molar refractivity (Wildman–Crippen MR) is 130 cm³/mol. The SMILES string of the molecule is CSC1(NC(=O)Cc2cccs2)CN(C(C(=O)OCc2ccccc2)c2ccccc2)C1=O. The number of esters is 1. The first kappa shape index (κ1) is 23.1. The largest absolute Gasteiger partial charge is 0.459 e. The molecular formula is C25H24N2O4S2. The minimum atomic E-state index is -1.08. The van der Waals surface area contributed by atoms with Crippen molar-refractivity contribution in [1.82, 2.24) is 10.2 Å². The lowest BCUT2D eigenvalue weighted by Crippen LogP contribution is -2.73. The van der Waals surface area contributed by atoms with Gasteiger partial charge in [0.25, 0.3) is 5.91 Å². The number of amides is 2. The number of thioether (sulfide) groups is 1. The summed E-state index contributed by atoms with van der Waals surface area (Å²) in [4.78, 5) is 40.4. The van der Waals surface area contributed by atoms with E-state index in [1.165, 1.54) is 28.0 Å². The van der Waals surface area contributed by atoms with E-state index in [1.54, 1.807) is 18.4 Å². The molecule has 1 fully saturated rings. The van der Waals surface area contributed by atoms with Crippen molar-refractivity contribution in [3.05, 3.63) is 94.2 Å². The third-order valence-corrected chi connectivity index (χ3v) is 7.46. The molecule has 2 atom stereocenters. The summed E-state index contributed by atoms with van der Waals surface area (Å²) in [5.74, 6) is -1.03. The second-order valence-electron chi connectivity index (χ2n) is 7.68. The van der Waals surface area contributed by atoms with Gasteiger partial charge in [0.15, 0.2) is 10.9 Å². The Morgan fingerprint density at radius 3 is 2.39 bits per heavy atom. The highest BCUT2D eigenvalue weighted by molar-refractivity contribution is 8.00. The number of benzene rings is 2. The van der Waals surface area contributed by atoms with Crippen molar-refractivity contribution >= 4 is 40.9 Å². The first-order valence-electron chi connectivity index (χ1n) is 10.5. The van der Waals surface area contributed by atoms with E-state index in [4.69, 9.17) is 4.74 Å². The summed E-state index contributed by atoms with van der Waals surface area (Å²) in [7, 11) is 0. The Morgan fingerprint density at radius 1 is 1.09 bits per heavy atom. The van der Waals surface area contributed by atoms with E-state index in [1.807, 2.05) is 66.0 Å². The van der Waals surface area contributed by atoms with Crippen LogP contribution in [0.5, 0.6) is 0 Å². The van der Waals surface area contributed by atoms with Gasteiger partial charge in [-0.2, -0.15) is 0 Å². The molecule has 6 nitrogen and oxygen atoms in total. The highest BCUT2D eigenvalue weighted by Gasteiger charge is 2.56. The Bertz CT molecular complexity index is 1110. The Kier molecular flexibility index (Phi) is 7.15. The Hall–Kier alpha value is -3.10. The molecule has 2 heterocycles. The zero-order chi connectivity index (χ0) is 23.3. The number of hydrogen-bond acceptors (Lipinski definition) is 6. The molecule has 1 saturated heterocycles. The van der Waals surface area contributed by atoms with Gasteiger partial charge in [0, 0.05) is 4.88 Å². The number of carbonyl (C=O) groups excluding carboxylic acids is 3. The highest BCUT2D eigenvalue weighted by Crippen LogP contribution is 2.39. The van der Waals surface area contributed by atoms with Crippen molar-refractivity contribution in [2.45, 2.75) is 23.9 Å². The number of β-lactam (4-membered cyclic amide) rings is 1. The molecule has 2 amide bonds. The van der Waals surface area contributed by atoms with E-state index in [0.717, 1.165) is 10.4 Å². The standard InChI is InChI=1S/C25H24N2O4S2/c1-32-25(26-21(28)15-20-13-8-14-33-20)17-27(24(25)30)22(19-11-6-3-7-12-19)23(29)31-16-18-9-4-2-5-10-18/h2-14,22H,15-17H2,1H3,(H,26,28). The molecule has 0 bridgehead atoms. The van der Waals surface area contributed by atoms with E-state index in [0.29, 0.717) is 5.56 Å². The molecule has 0 saturated carbocycles. The van der Waals surface area contributed by atoms with Crippen LogP contribution in [0.25, 0.3) is 0 Å². The van der Waals surface area contributed by atoms with Crippen LogP contribution < -0.4 is 5.32 Å². The summed E-state index contributed by atoms with van der Waals surface area (Å²) < 4.78 is 5.58. The molecule has 0 aliphatic carbocycles. The molecule has 1 aliphatic heterocycles. The van der Waals surface area contributed by atoms with Gasteiger partial charge in [-0.15, -0.1) is 23.1 Å². The van der Waals surface area contributed by atoms with Gasteiger partial charge in [-0.25, -0.2) is 4.79 Å². The molecular weight excluding hydrogens is 456 g/mol. The third kappa shape index (κ3) is 5.12. The summed E-state index contributed by atoms with van der Waals surface area (Å²) >= 11 is 2.77. The normalized spacial score (nSPS) is 18.3. The van der Waals surface area contributed by atoms with Crippen LogP contribution in [-0.2, 0) is 32.1 Å².